The Kier molecular flexibility index (Phi) is 4.65. The highest BCUT2D eigenvalue weighted by Gasteiger charge is 2.34. The molecule has 0 saturated heterocycles. The molecule has 0 heterocycles. The van der Waals surface area contributed by atoms with Crippen LogP contribution in [-0.2, 0) is 6.18 Å². The zero-order valence-electron chi connectivity index (χ0n) is 11.5. The molecule has 2 rings (SSSR count). The van der Waals surface area contributed by atoms with Gasteiger partial charge in [0, 0.05) is 17.3 Å². The van der Waals surface area contributed by atoms with Crippen molar-refractivity contribution in [2.75, 3.05) is 14.1 Å². The Hall–Kier alpha value is -0.740. The Balaban J connectivity index is 2.25. The van der Waals surface area contributed by atoms with E-state index in [0.717, 1.165) is 31.2 Å². The van der Waals surface area contributed by atoms with Crippen molar-refractivity contribution in [1.82, 2.24) is 4.90 Å². The summed E-state index contributed by atoms with van der Waals surface area (Å²) in [6, 6.07) is 5.82. The fourth-order valence-corrected chi connectivity index (χ4v) is 2.97. The molecule has 1 radical (unpaired) electrons. The third-order valence-corrected chi connectivity index (χ3v) is 4.36. The van der Waals surface area contributed by atoms with Gasteiger partial charge < -0.3 is 4.90 Å². The number of hydrogen-bond donors (Lipinski definition) is 0. The Labute approximate surface area is 122 Å². The van der Waals surface area contributed by atoms with E-state index in [0.29, 0.717) is 11.6 Å². The number of rotatable bonds is 2. The number of benzene rings is 1. The largest absolute Gasteiger partial charge is 0.416 e. The highest BCUT2D eigenvalue weighted by Crippen LogP contribution is 2.39. The van der Waals surface area contributed by atoms with Gasteiger partial charge in [0.2, 0.25) is 0 Å². The van der Waals surface area contributed by atoms with Crippen molar-refractivity contribution in [2.24, 2.45) is 0 Å². The summed E-state index contributed by atoms with van der Waals surface area (Å²) in [5.74, 6) is 0.919. The molecule has 0 aliphatic heterocycles. The van der Waals surface area contributed by atoms with Gasteiger partial charge in [-0.05, 0) is 45.0 Å². The van der Waals surface area contributed by atoms with Gasteiger partial charge in [0.15, 0.2) is 0 Å². The van der Waals surface area contributed by atoms with Crippen molar-refractivity contribution >= 4 is 11.6 Å². The van der Waals surface area contributed by atoms with Crippen molar-refractivity contribution < 1.29 is 13.2 Å². The third-order valence-electron chi connectivity index (χ3n) is 3.88. The Morgan fingerprint density at radius 1 is 1.20 bits per heavy atom. The summed E-state index contributed by atoms with van der Waals surface area (Å²) >= 11 is 6.32. The second-order valence-electron chi connectivity index (χ2n) is 5.47. The van der Waals surface area contributed by atoms with Crippen LogP contribution in [0.3, 0.4) is 0 Å². The second kappa shape index (κ2) is 5.94. The van der Waals surface area contributed by atoms with Crippen LogP contribution < -0.4 is 0 Å². The smallest absolute Gasteiger partial charge is 0.306 e. The molecule has 0 spiro atoms. The number of halogens is 4. The molecule has 111 valence electrons. The molecule has 5 heteroatoms. The van der Waals surface area contributed by atoms with Crippen LogP contribution in [0.15, 0.2) is 24.3 Å². The maximum atomic E-state index is 12.8. The van der Waals surface area contributed by atoms with E-state index in [1.165, 1.54) is 12.1 Å². The van der Waals surface area contributed by atoms with Gasteiger partial charge in [0.05, 0.1) is 5.56 Å². The fourth-order valence-electron chi connectivity index (χ4n) is 2.63. The molecule has 1 fully saturated rings. The summed E-state index contributed by atoms with van der Waals surface area (Å²) in [5.41, 5.74) is 0.00437. The first-order valence-corrected chi connectivity index (χ1v) is 7.06. The highest BCUT2D eigenvalue weighted by atomic mass is 35.5. The topological polar surface area (TPSA) is 3.24 Å². The summed E-state index contributed by atoms with van der Waals surface area (Å²) in [6.45, 7) is 0. The lowest BCUT2D eigenvalue weighted by Gasteiger charge is -2.36. The van der Waals surface area contributed by atoms with Crippen molar-refractivity contribution in [1.29, 1.82) is 0 Å². The Bertz CT molecular complexity index is 459. The van der Waals surface area contributed by atoms with Crippen LogP contribution >= 0.6 is 11.6 Å². The van der Waals surface area contributed by atoms with E-state index in [1.807, 2.05) is 14.1 Å². The summed E-state index contributed by atoms with van der Waals surface area (Å²) in [6.07, 6.45) is -1.81. The van der Waals surface area contributed by atoms with Crippen molar-refractivity contribution in [2.45, 2.75) is 36.9 Å². The molecule has 0 amide bonds. The van der Waals surface area contributed by atoms with Gasteiger partial charge in [-0.2, -0.15) is 13.2 Å². The summed E-state index contributed by atoms with van der Waals surface area (Å²) in [5, 5.41) is -0.172. The average molecular weight is 305 g/mol. The average Bonchev–Trinajstić information content (AvgIpc) is 2.38. The van der Waals surface area contributed by atoms with Crippen LogP contribution in [0.5, 0.6) is 0 Å². The quantitative estimate of drug-likeness (QED) is 0.734. The van der Waals surface area contributed by atoms with E-state index in [9.17, 15) is 13.2 Å². The monoisotopic (exact) mass is 304 g/mol. The van der Waals surface area contributed by atoms with Gasteiger partial charge in [-0.25, -0.2) is 0 Å². The Morgan fingerprint density at radius 3 is 2.50 bits per heavy atom. The molecule has 1 aliphatic rings. The van der Waals surface area contributed by atoms with Crippen molar-refractivity contribution in [3.8, 4) is 0 Å². The molecule has 1 aliphatic carbocycles. The van der Waals surface area contributed by atoms with Crippen LogP contribution in [0.25, 0.3) is 0 Å². The molecule has 1 unspecified atom stereocenters. The molecule has 20 heavy (non-hydrogen) atoms. The van der Waals surface area contributed by atoms with Gasteiger partial charge in [-0.3, -0.25) is 0 Å². The summed E-state index contributed by atoms with van der Waals surface area (Å²) in [4.78, 5) is 2.11. The van der Waals surface area contributed by atoms with Crippen molar-refractivity contribution in [3.63, 3.8) is 0 Å². The van der Waals surface area contributed by atoms with Crippen LogP contribution in [-0.4, -0.2) is 30.4 Å². The van der Waals surface area contributed by atoms with E-state index in [4.69, 9.17) is 11.6 Å². The zero-order chi connectivity index (χ0) is 14.9. The maximum Gasteiger partial charge on any atom is 0.416 e. The van der Waals surface area contributed by atoms with Gasteiger partial charge in [0.25, 0.3) is 0 Å². The minimum atomic E-state index is -4.31. The minimum absolute atomic E-state index is 0.172. The Morgan fingerprint density at radius 2 is 1.90 bits per heavy atom. The first-order chi connectivity index (χ1) is 9.29. The molecule has 1 nitrogen and oxygen atoms in total. The standard InChI is InChI=1S/C15H18ClF3N/c1-20(2)12-6-7-14(16)13(9-12)10-4-3-5-11(8-10)15(17,18)19/h3-5,8,12,14H,6-7,9H2,1-2H3/t12-,14?/m0/s1. The van der Waals surface area contributed by atoms with Gasteiger partial charge in [0.1, 0.15) is 0 Å². The lowest BCUT2D eigenvalue weighted by atomic mass is 9.80. The van der Waals surface area contributed by atoms with Gasteiger partial charge >= 0.3 is 6.18 Å². The molecule has 0 N–H and O–H groups in total. The van der Waals surface area contributed by atoms with Crippen LogP contribution in [0, 0.1) is 5.92 Å². The van der Waals surface area contributed by atoms with E-state index < -0.39 is 11.7 Å². The first-order valence-electron chi connectivity index (χ1n) is 6.63. The summed E-state index contributed by atoms with van der Waals surface area (Å²) < 4.78 is 38.4. The predicted molar refractivity (Wildman–Crippen MR) is 74.8 cm³/mol. The molecular formula is C15H18ClF3N. The molecule has 0 aromatic heterocycles. The molecular weight excluding hydrogens is 287 g/mol. The fraction of sp³-hybridized carbons (Fsp3) is 0.533. The number of hydrogen-bond acceptors (Lipinski definition) is 1. The van der Waals surface area contributed by atoms with E-state index >= 15 is 0 Å². The maximum absolute atomic E-state index is 12.8. The third kappa shape index (κ3) is 3.47. The summed E-state index contributed by atoms with van der Waals surface area (Å²) in [7, 11) is 3.98. The van der Waals surface area contributed by atoms with Crippen LogP contribution in [0.1, 0.15) is 30.4 Å². The second-order valence-corrected chi connectivity index (χ2v) is 6.00. The van der Waals surface area contributed by atoms with Crippen molar-refractivity contribution in [3.05, 3.63) is 41.3 Å². The highest BCUT2D eigenvalue weighted by molar-refractivity contribution is 6.22. The van der Waals surface area contributed by atoms with E-state index in [2.05, 4.69) is 4.90 Å². The zero-order valence-corrected chi connectivity index (χ0v) is 12.3. The minimum Gasteiger partial charge on any atom is -0.306 e. The molecule has 2 atom stereocenters. The van der Waals surface area contributed by atoms with E-state index in [1.54, 1.807) is 6.07 Å². The molecule has 1 saturated carbocycles. The predicted octanol–water partition coefficient (Wildman–Crippen LogP) is 4.35. The normalized spacial score (nSPS) is 25.1. The molecule has 1 aromatic carbocycles. The molecule has 1 aromatic rings. The van der Waals surface area contributed by atoms with Crippen LogP contribution in [0.2, 0.25) is 0 Å². The number of alkyl halides is 4. The SMILES string of the molecule is CN(C)[C@H]1CCC(Cl)[C](c2cccc(C(F)(F)F)c2)C1. The van der Waals surface area contributed by atoms with E-state index in [-0.39, 0.29) is 5.38 Å². The lowest BCUT2D eigenvalue weighted by molar-refractivity contribution is -0.137. The number of nitrogens with zero attached hydrogens (tertiary/aromatic N) is 1. The van der Waals surface area contributed by atoms with Gasteiger partial charge in [-0.1, -0.05) is 18.2 Å². The molecule has 0 bridgehead atoms. The lowest BCUT2D eigenvalue weighted by Crippen LogP contribution is -2.36. The first kappa shape index (κ1) is 15.6. The van der Waals surface area contributed by atoms with Crippen LogP contribution in [0.4, 0.5) is 13.2 Å². The van der Waals surface area contributed by atoms with Gasteiger partial charge in [-0.15, -0.1) is 11.6 Å².